The lowest BCUT2D eigenvalue weighted by atomic mass is 9.43. The van der Waals surface area contributed by atoms with Crippen molar-refractivity contribution in [2.45, 2.75) is 94.9 Å². The number of carbonyl (C=O) groups excluding carboxylic acids is 1. The Labute approximate surface area is 180 Å². The summed E-state index contributed by atoms with van der Waals surface area (Å²) in [7, 11) is 0. The molecular weight excluding hydrogens is 374 g/mol. The van der Waals surface area contributed by atoms with E-state index in [4.69, 9.17) is 4.74 Å². The van der Waals surface area contributed by atoms with Crippen LogP contribution in [0.25, 0.3) is 0 Å². The second-order valence-electron chi connectivity index (χ2n) is 11.3. The highest BCUT2D eigenvalue weighted by Gasteiger charge is 2.63. The molecule has 4 nitrogen and oxygen atoms in total. The standard InChI is InChI=1S/C26H35NO3/c28-24(30-17-18-5-2-1-3-6-18)27-22-7-4-8-23(27)16-26(29,15-22)25-12-19-9-20(13-25)11-21(10-19)14-25/h1-3,5-6,19-23,29H,4,7-17H2. The van der Waals surface area contributed by atoms with Crippen molar-refractivity contribution < 1.29 is 14.6 Å². The minimum absolute atomic E-state index is 0.121. The highest BCUT2D eigenvalue weighted by molar-refractivity contribution is 5.69. The Balaban J connectivity index is 1.20. The van der Waals surface area contributed by atoms with E-state index in [1.807, 2.05) is 35.2 Å². The van der Waals surface area contributed by atoms with Gasteiger partial charge in [0.2, 0.25) is 0 Å². The molecule has 30 heavy (non-hydrogen) atoms. The molecule has 1 amide bonds. The molecular formula is C26H35NO3. The molecule has 6 bridgehead atoms. The molecule has 1 N–H and O–H groups in total. The van der Waals surface area contributed by atoms with Gasteiger partial charge in [0.25, 0.3) is 0 Å². The van der Waals surface area contributed by atoms with Crippen LogP contribution in [0.3, 0.4) is 0 Å². The fourth-order valence-corrected chi connectivity index (χ4v) is 8.63. The zero-order chi connectivity index (χ0) is 20.3. The molecule has 2 heterocycles. The zero-order valence-electron chi connectivity index (χ0n) is 18.0. The van der Waals surface area contributed by atoms with Gasteiger partial charge in [-0.25, -0.2) is 4.79 Å². The van der Waals surface area contributed by atoms with Gasteiger partial charge in [-0.1, -0.05) is 30.3 Å². The SMILES string of the molecule is O=C(OCc1ccccc1)N1C2CCCC1CC(O)(C13CC4CC(CC(C4)C1)C3)C2. The predicted octanol–water partition coefficient (Wildman–Crippen LogP) is 5.29. The van der Waals surface area contributed by atoms with Crippen LogP contribution >= 0.6 is 0 Å². The number of amides is 1. The van der Waals surface area contributed by atoms with Gasteiger partial charge in [-0.15, -0.1) is 0 Å². The van der Waals surface area contributed by atoms with E-state index in [1.165, 1.54) is 38.5 Å². The van der Waals surface area contributed by atoms with Crippen molar-refractivity contribution in [1.82, 2.24) is 4.90 Å². The van der Waals surface area contributed by atoms with Crippen molar-refractivity contribution in [1.29, 1.82) is 0 Å². The molecule has 0 aromatic heterocycles. The molecule has 6 aliphatic rings. The van der Waals surface area contributed by atoms with Crippen molar-refractivity contribution >= 4 is 6.09 Å². The van der Waals surface area contributed by atoms with Crippen LogP contribution in [0.5, 0.6) is 0 Å². The topological polar surface area (TPSA) is 49.8 Å². The van der Waals surface area contributed by atoms with Crippen LogP contribution in [0.1, 0.15) is 76.2 Å². The van der Waals surface area contributed by atoms with Crippen molar-refractivity contribution in [3.63, 3.8) is 0 Å². The van der Waals surface area contributed by atoms with Crippen molar-refractivity contribution in [3.8, 4) is 0 Å². The summed E-state index contributed by atoms with van der Waals surface area (Å²) < 4.78 is 5.73. The van der Waals surface area contributed by atoms with Gasteiger partial charge >= 0.3 is 6.09 Å². The lowest BCUT2D eigenvalue weighted by Gasteiger charge is -2.65. The zero-order valence-corrected chi connectivity index (χ0v) is 18.0. The third kappa shape index (κ3) is 3.01. The molecule has 7 rings (SSSR count). The Hall–Kier alpha value is -1.55. The summed E-state index contributed by atoms with van der Waals surface area (Å²) in [6, 6.07) is 10.2. The number of fused-ring (bicyclic) bond motifs is 2. The molecule has 2 atom stereocenters. The lowest BCUT2D eigenvalue weighted by molar-refractivity contribution is -0.214. The van der Waals surface area contributed by atoms with E-state index >= 15 is 0 Å². The van der Waals surface area contributed by atoms with Crippen LogP contribution in [-0.2, 0) is 11.3 Å². The third-order valence-corrected chi connectivity index (χ3v) is 9.45. The third-order valence-electron chi connectivity index (χ3n) is 9.45. The van der Waals surface area contributed by atoms with Crippen LogP contribution < -0.4 is 0 Å². The maximum atomic E-state index is 13.1. The average Bonchev–Trinajstić information content (AvgIpc) is 2.71. The maximum absolute atomic E-state index is 13.1. The first-order valence-corrected chi connectivity index (χ1v) is 12.2. The van der Waals surface area contributed by atoms with E-state index < -0.39 is 5.60 Å². The van der Waals surface area contributed by atoms with Gasteiger partial charge in [0.15, 0.2) is 0 Å². The van der Waals surface area contributed by atoms with E-state index in [1.54, 1.807) is 0 Å². The summed E-state index contributed by atoms with van der Waals surface area (Å²) in [5.74, 6) is 2.52. The maximum Gasteiger partial charge on any atom is 0.410 e. The Kier molecular flexibility index (Phi) is 4.46. The van der Waals surface area contributed by atoms with E-state index in [0.29, 0.717) is 6.61 Å². The van der Waals surface area contributed by atoms with E-state index in [2.05, 4.69) is 0 Å². The summed E-state index contributed by atoms with van der Waals surface area (Å²) in [5, 5.41) is 12.2. The average molecular weight is 410 g/mol. The van der Waals surface area contributed by atoms with Crippen LogP contribution in [0.15, 0.2) is 30.3 Å². The highest BCUT2D eigenvalue weighted by Crippen LogP contribution is 2.66. The molecule has 2 unspecified atom stereocenters. The molecule has 2 saturated heterocycles. The Bertz CT molecular complexity index is 756. The summed E-state index contributed by atoms with van der Waals surface area (Å²) in [6.07, 6.45) is 12.4. The van der Waals surface area contributed by atoms with Crippen molar-refractivity contribution in [2.75, 3.05) is 0 Å². The summed E-state index contributed by atoms with van der Waals surface area (Å²) >= 11 is 0. The van der Waals surface area contributed by atoms with Gasteiger partial charge in [0, 0.05) is 17.5 Å². The minimum atomic E-state index is -0.588. The van der Waals surface area contributed by atoms with Gasteiger partial charge in [0.1, 0.15) is 6.61 Å². The molecule has 0 radical (unpaired) electrons. The normalized spacial score (nSPS) is 44.2. The Morgan fingerprint density at radius 3 is 2.07 bits per heavy atom. The molecule has 1 aromatic carbocycles. The van der Waals surface area contributed by atoms with Crippen LogP contribution in [0.4, 0.5) is 4.79 Å². The summed E-state index contributed by atoms with van der Waals surface area (Å²) in [4.78, 5) is 15.1. The second kappa shape index (κ2) is 6.98. The second-order valence-corrected chi connectivity index (χ2v) is 11.3. The van der Waals surface area contributed by atoms with E-state index in [-0.39, 0.29) is 23.6 Å². The molecule has 4 saturated carbocycles. The number of hydrogen-bond acceptors (Lipinski definition) is 3. The Morgan fingerprint density at radius 1 is 0.933 bits per heavy atom. The molecule has 2 aliphatic heterocycles. The van der Waals surface area contributed by atoms with Crippen LogP contribution in [-0.4, -0.2) is 33.8 Å². The Morgan fingerprint density at radius 2 is 1.50 bits per heavy atom. The minimum Gasteiger partial charge on any atom is -0.445 e. The number of benzene rings is 1. The fourth-order valence-electron chi connectivity index (χ4n) is 8.63. The number of hydrogen-bond donors (Lipinski definition) is 1. The number of nitrogens with zero attached hydrogens (tertiary/aromatic N) is 1. The molecule has 4 aliphatic carbocycles. The monoisotopic (exact) mass is 409 g/mol. The smallest absolute Gasteiger partial charge is 0.410 e. The van der Waals surface area contributed by atoms with Crippen LogP contribution in [0, 0.1) is 23.2 Å². The van der Waals surface area contributed by atoms with E-state index in [0.717, 1.165) is 55.4 Å². The number of ether oxygens (including phenoxy) is 1. The number of aliphatic hydroxyl groups is 1. The van der Waals surface area contributed by atoms with Gasteiger partial charge < -0.3 is 14.7 Å². The first-order valence-electron chi connectivity index (χ1n) is 12.2. The fraction of sp³-hybridized carbons (Fsp3) is 0.731. The van der Waals surface area contributed by atoms with Gasteiger partial charge in [-0.05, 0) is 93.9 Å². The van der Waals surface area contributed by atoms with E-state index in [9.17, 15) is 9.90 Å². The summed E-state index contributed by atoms with van der Waals surface area (Å²) in [5.41, 5.74) is 0.558. The van der Waals surface area contributed by atoms with Crippen molar-refractivity contribution in [2.24, 2.45) is 23.2 Å². The number of carbonyl (C=O) groups is 1. The molecule has 6 fully saturated rings. The lowest BCUT2D eigenvalue weighted by Crippen LogP contribution is -2.67. The van der Waals surface area contributed by atoms with Gasteiger partial charge in [-0.2, -0.15) is 0 Å². The number of rotatable bonds is 3. The highest BCUT2D eigenvalue weighted by atomic mass is 16.6. The predicted molar refractivity (Wildman–Crippen MR) is 115 cm³/mol. The molecule has 0 spiro atoms. The summed E-state index contributed by atoms with van der Waals surface area (Å²) in [6.45, 7) is 0.328. The molecule has 1 aromatic rings. The quantitative estimate of drug-likeness (QED) is 0.738. The first kappa shape index (κ1) is 19.2. The number of piperidine rings is 2. The largest absolute Gasteiger partial charge is 0.445 e. The van der Waals surface area contributed by atoms with Crippen LogP contribution in [0.2, 0.25) is 0 Å². The van der Waals surface area contributed by atoms with Gasteiger partial charge in [-0.3, -0.25) is 0 Å². The molecule has 4 heteroatoms. The van der Waals surface area contributed by atoms with Crippen molar-refractivity contribution in [3.05, 3.63) is 35.9 Å². The first-order chi connectivity index (χ1) is 14.5. The van der Waals surface area contributed by atoms with Gasteiger partial charge in [0.05, 0.1) is 5.60 Å². The molecule has 162 valence electrons.